The highest BCUT2D eigenvalue weighted by molar-refractivity contribution is 5.69. The number of hydrogen-bond acceptors (Lipinski definition) is 4. The van der Waals surface area contributed by atoms with Crippen molar-refractivity contribution in [1.82, 2.24) is 15.0 Å². The van der Waals surface area contributed by atoms with Gasteiger partial charge in [0.2, 0.25) is 0 Å². The van der Waals surface area contributed by atoms with E-state index in [-0.39, 0.29) is 5.97 Å². The SMILES string of the molecule is CCCCc1cnnn1-c1ccc(C#CCCC(=O)OC)cc1. The number of nitrogens with zero attached hydrogens (tertiary/aromatic N) is 3. The lowest BCUT2D eigenvalue weighted by Gasteiger charge is -2.05. The molecule has 0 bridgehead atoms. The largest absolute Gasteiger partial charge is 0.469 e. The van der Waals surface area contributed by atoms with Gasteiger partial charge in [-0.2, -0.15) is 0 Å². The van der Waals surface area contributed by atoms with Crippen molar-refractivity contribution in [2.24, 2.45) is 0 Å². The standard InChI is InChI=1S/C18H21N3O2/c1-3-4-8-17-14-19-20-21(17)16-12-10-15(11-13-16)7-5-6-9-18(22)23-2/h10-14H,3-4,6,8-9H2,1-2H3. The smallest absolute Gasteiger partial charge is 0.306 e. The first kappa shape index (κ1) is 16.8. The van der Waals surface area contributed by atoms with Crippen LogP contribution >= 0.6 is 0 Å². The maximum Gasteiger partial charge on any atom is 0.306 e. The normalized spacial score (nSPS) is 10.0. The lowest BCUT2D eigenvalue weighted by Crippen LogP contribution is -2.02. The van der Waals surface area contributed by atoms with Gasteiger partial charge in [0.05, 0.1) is 31.1 Å². The molecule has 2 aromatic rings. The fourth-order valence-electron chi connectivity index (χ4n) is 2.12. The van der Waals surface area contributed by atoms with Crippen LogP contribution in [0.4, 0.5) is 0 Å². The molecule has 0 atom stereocenters. The number of methoxy groups -OCH3 is 1. The minimum absolute atomic E-state index is 0.236. The Morgan fingerprint density at radius 3 is 2.78 bits per heavy atom. The van der Waals surface area contributed by atoms with Gasteiger partial charge in [-0.3, -0.25) is 4.79 Å². The predicted octanol–water partition coefficient (Wildman–Crippen LogP) is 2.91. The molecule has 1 aromatic heterocycles. The summed E-state index contributed by atoms with van der Waals surface area (Å²) in [5.74, 6) is 5.78. The van der Waals surface area contributed by atoms with Gasteiger partial charge in [-0.1, -0.05) is 30.4 Å². The average Bonchev–Trinajstić information content (AvgIpc) is 3.05. The Hall–Kier alpha value is -2.61. The Bertz CT molecular complexity index is 693. The number of ether oxygens (including phenoxy) is 1. The lowest BCUT2D eigenvalue weighted by molar-refractivity contribution is -0.140. The Balaban J connectivity index is 2.01. The van der Waals surface area contributed by atoms with E-state index in [0.29, 0.717) is 12.8 Å². The molecule has 0 aliphatic heterocycles. The molecule has 0 N–H and O–H groups in total. The minimum atomic E-state index is -0.236. The third kappa shape index (κ3) is 4.96. The van der Waals surface area contributed by atoms with Gasteiger partial charge in [-0.25, -0.2) is 4.68 Å². The van der Waals surface area contributed by atoms with Crippen molar-refractivity contribution in [3.63, 3.8) is 0 Å². The van der Waals surface area contributed by atoms with Crippen molar-refractivity contribution in [2.45, 2.75) is 39.0 Å². The maximum absolute atomic E-state index is 11.0. The number of hydrogen-bond donors (Lipinski definition) is 0. The molecule has 0 spiro atoms. The van der Waals surface area contributed by atoms with Gasteiger partial charge >= 0.3 is 5.97 Å². The Labute approximate surface area is 136 Å². The lowest BCUT2D eigenvalue weighted by atomic mass is 10.2. The van der Waals surface area contributed by atoms with Crippen LogP contribution in [0.5, 0.6) is 0 Å². The summed E-state index contributed by atoms with van der Waals surface area (Å²) in [6, 6.07) is 7.86. The molecule has 1 aromatic carbocycles. The number of unbranched alkanes of at least 4 members (excludes halogenated alkanes) is 1. The number of rotatable bonds is 6. The van der Waals surface area contributed by atoms with Gasteiger partial charge in [0.1, 0.15) is 0 Å². The number of carbonyl (C=O) groups is 1. The van der Waals surface area contributed by atoms with E-state index in [4.69, 9.17) is 0 Å². The molecule has 1 heterocycles. The molecule has 0 aliphatic rings. The quantitative estimate of drug-likeness (QED) is 0.608. The summed E-state index contributed by atoms with van der Waals surface area (Å²) in [5.41, 5.74) is 3.01. The summed E-state index contributed by atoms with van der Waals surface area (Å²) < 4.78 is 6.44. The summed E-state index contributed by atoms with van der Waals surface area (Å²) in [4.78, 5) is 11.0. The zero-order chi connectivity index (χ0) is 16.5. The van der Waals surface area contributed by atoms with Gasteiger partial charge in [0.25, 0.3) is 0 Å². The second kappa shape index (κ2) is 8.74. The Morgan fingerprint density at radius 1 is 1.30 bits per heavy atom. The second-order valence-corrected chi connectivity index (χ2v) is 5.17. The summed E-state index contributed by atoms with van der Waals surface area (Å²) >= 11 is 0. The van der Waals surface area contributed by atoms with Crippen LogP contribution in [0.25, 0.3) is 5.69 Å². The van der Waals surface area contributed by atoms with Crippen molar-refractivity contribution < 1.29 is 9.53 Å². The molecule has 2 rings (SSSR count). The third-order valence-electron chi connectivity index (χ3n) is 3.43. The zero-order valence-corrected chi connectivity index (χ0v) is 13.6. The van der Waals surface area contributed by atoms with Gasteiger partial charge in [0, 0.05) is 12.0 Å². The number of carbonyl (C=O) groups excluding carboxylic acids is 1. The third-order valence-corrected chi connectivity index (χ3v) is 3.43. The molecule has 23 heavy (non-hydrogen) atoms. The topological polar surface area (TPSA) is 57.0 Å². The fraction of sp³-hybridized carbons (Fsp3) is 0.389. The average molecular weight is 311 g/mol. The van der Waals surface area contributed by atoms with Crippen LogP contribution in [-0.4, -0.2) is 28.1 Å². The molecule has 0 saturated carbocycles. The summed E-state index contributed by atoms with van der Waals surface area (Å²) in [6.45, 7) is 2.17. The molecule has 5 nitrogen and oxygen atoms in total. The zero-order valence-electron chi connectivity index (χ0n) is 13.6. The van der Waals surface area contributed by atoms with Crippen LogP contribution < -0.4 is 0 Å². The molecule has 0 amide bonds. The number of aryl methyl sites for hydroxylation is 1. The number of aromatic nitrogens is 3. The molecule has 120 valence electrons. The summed E-state index contributed by atoms with van der Waals surface area (Å²) in [7, 11) is 1.38. The van der Waals surface area contributed by atoms with E-state index in [1.165, 1.54) is 7.11 Å². The summed E-state index contributed by atoms with van der Waals surface area (Å²) in [5, 5.41) is 8.15. The predicted molar refractivity (Wildman–Crippen MR) is 88.1 cm³/mol. The molecular weight excluding hydrogens is 290 g/mol. The number of esters is 1. The van der Waals surface area contributed by atoms with Crippen LogP contribution in [0, 0.1) is 11.8 Å². The van der Waals surface area contributed by atoms with E-state index in [9.17, 15) is 4.79 Å². The molecule has 0 unspecified atom stereocenters. The second-order valence-electron chi connectivity index (χ2n) is 5.17. The molecule has 0 fully saturated rings. The number of benzene rings is 1. The van der Waals surface area contributed by atoms with E-state index in [0.717, 1.165) is 36.2 Å². The Morgan fingerprint density at radius 2 is 2.09 bits per heavy atom. The van der Waals surface area contributed by atoms with E-state index in [2.05, 4.69) is 33.8 Å². The van der Waals surface area contributed by atoms with Gasteiger partial charge in [0.15, 0.2) is 0 Å². The highest BCUT2D eigenvalue weighted by Crippen LogP contribution is 2.12. The van der Waals surface area contributed by atoms with Crippen LogP contribution in [-0.2, 0) is 16.0 Å². The van der Waals surface area contributed by atoms with Crippen LogP contribution in [0.2, 0.25) is 0 Å². The van der Waals surface area contributed by atoms with Crippen molar-refractivity contribution >= 4 is 5.97 Å². The molecule has 5 heteroatoms. The van der Waals surface area contributed by atoms with E-state index < -0.39 is 0 Å². The van der Waals surface area contributed by atoms with E-state index in [1.807, 2.05) is 35.1 Å². The van der Waals surface area contributed by atoms with Crippen molar-refractivity contribution in [3.05, 3.63) is 41.7 Å². The Kier molecular flexibility index (Phi) is 6.37. The molecular formula is C18H21N3O2. The minimum Gasteiger partial charge on any atom is -0.469 e. The molecule has 0 radical (unpaired) electrons. The monoisotopic (exact) mass is 311 g/mol. The van der Waals surface area contributed by atoms with Crippen molar-refractivity contribution in [2.75, 3.05) is 7.11 Å². The van der Waals surface area contributed by atoms with E-state index >= 15 is 0 Å². The van der Waals surface area contributed by atoms with Gasteiger partial charge in [-0.15, -0.1) is 5.10 Å². The maximum atomic E-state index is 11.0. The van der Waals surface area contributed by atoms with Gasteiger partial charge < -0.3 is 4.74 Å². The highest BCUT2D eigenvalue weighted by Gasteiger charge is 2.05. The van der Waals surface area contributed by atoms with Gasteiger partial charge in [-0.05, 0) is 37.1 Å². The van der Waals surface area contributed by atoms with Crippen molar-refractivity contribution in [1.29, 1.82) is 0 Å². The van der Waals surface area contributed by atoms with E-state index in [1.54, 1.807) is 0 Å². The first-order valence-corrected chi connectivity index (χ1v) is 7.80. The van der Waals surface area contributed by atoms with Crippen LogP contribution in [0.3, 0.4) is 0 Å². The highest BCUT2D eigenvalue weighted by atomic mass is 16.5. The summed E-state index contributed by atoms with van der Waals surface area (Å²) in [6.07, 6.45) is 5.87. The molecule has 0 saturated heterocycles. The van der Waals surface area contributed by atoms with Crippen LogP contribution in [0.15, 0.2) is 30.5 Å². The first-order valence-electron chi connectivity index (χ1n) is 7.80. The molecule has 0 aliphatic carbocycles. The van der Waals surface area contributed by atoms with Crippen molar-refractivity contribution in [3.8, 4) is 17.5 Å². The van der Waals surface area contributed by atoms with Crippen LogP contribution in [0.1, 0.15) is 43.9 Å². The first-order chi connectivity index (χ1) is 11.2. The fourth-order valence-corrected chi connectivity index (χ4v) is 2.12.